The molecule has 0 N–H and O–H groups in total. The van der Waals surface area contributed by atoms with Gasteiger partial charge in [-0.15, -0.1) is 0 Å². The molecule has 0 saturated heterocycles. The Labute approximate surface area is 154 Å². The third kappa shape index (κ3) is 2.60. The fourth-order valence-corrected chi connectivity index (χ4v) is 4.80. The second kappa shape index (κ2) is 6.41. The maximum absolute atomic E-state index is 2.29. The molecule has 0 atom stereocenters. The first-order valence-electron chi connectivity index (χ1n) is 8.83. The zero-order valence-corrected chi connectivity index (χ0v) is 15.2. The van der Waals surface area contributed by atoms with Crippen LogP contribution in [0.2, 0.25) is 0 Å². The van der Waals surface area contributed by atoms with Crippen molar-refractivity contribution < 1.29 is 0 Å². The summed E-state index contributed by atoms with van der Waals surface area (Å²) in [7, 11) is 1.27. The smallest absolute Gasteiger partial charge is 0.0103 e. The molecule has 1 heterocycles. The van der Waals surface area contributed by atoms with Crippen LogP contribution in [-0.4, -0.2) is 0 Å². The van der Waals surface area contributed by atoms with Crippen LogP contribution in [0, 0.1) is 0 Å². The molecule has 0 fully saturated rings. The van der Waals surface area contributed by atoms with Gasteiger partial charge in [0.1, 0.15) is 0 Å². The van der Waals surface area contributed by atoms with Gasteiger partial charge in [0.05, 0.1) is 0 Å². The lowest BCUT2D eigenvalue weighted by Gasteiger charge is -2.11. The van der Waals surface area contributed by atoms with E-state index in [0.29, 0.717) is 0 Å². The third-order valence-electron chi connectivity index (χ3n) is 4.88. The minimum Gasteiger partial charge on any atom is -0.0622 e. The van der Waals surface area contributed by atoms with Crippen LogP contribution < -0.4 is 0 Å². The minimum atomic E-state index is 1.27. The van der Waals surface area contributed by atoms with Gasteiger partial charge in [0.25, 0.3) is 0 Å². The van der Waals surface area contributed by atoms with Gasteiger partial charge in [-0.25, -0.2) is 0 Å². The standard InChI is InChI=1S/C25H17P/c1-2-8-18(9-3-1)20-12-6-7-13-22(20)25-17-15-23-21-11-5-4-10-19(21)14-16-24(23)26-25/h1-17H. The molecule has 0 aliphatic rings. The Morgan fingerprint density at radius 3 is 2.08 bits per heavy atom. The zero-order chi connectivity index (χ0) is 17.3. The van der Waals surface area contributed by atoms with E-state index in [1.165, 1.54) is 51.5 Å². The summed E-state index contributed by atoms with van der Waals surface area (Å²) in [5, 5.41) is 6.73. The molecule has 5 aromatic rings. The fraction of sp³-hybridized carbons (Fsp3) is 0. The molecule has 1 aromatic heterocycles. The van der Waals surface area contributed by atoms with E-state index < -0.39 is 0 Å². The van der Waals surface area contributed by atoms with Crippen molar-refractivity contribution in [2.24, 2.45) is 0 Å². The topological polar surface area (TPSA) is 0 Å². The quantitative estimate of drug-likeness (QED) is 0.284. The van der Waals surface area contributed by atoms with E-state index in [4.69, 9.17) is 0 Å². The van der Waals surface area contributed by atoms with Crippen LogP contribution in [0.5, 0.6) is 0 Å². The molecule has 0 nitrogen and oxygen atoms in total. The lowest BCUT2D eigenvalue weighted by Crippen LogP contribution is -1.83. The molecule has 0 spiro atoms. The fourth-order valence-electron chi connectivity index (χ4n) is 3.61. The first kappa shape index (κ1) is 15.3. The molecule has 0 unspecified atom stereocenters. The van der Waals surface area contributed by atoms with Crippen molar-refractivity contribution in [1.82, 2.24) is 0 Å². The maximum atomic E-state index is 2.29. The summed E-state index contributed by atoms with van der Waals surface area (Å²) in [5.74, 6) is 0. The molecule has 5 rings (SSSR count). The molecular formula is C25H17P. The molecule has 0 bridgehead atoms. The van der Waals surface area contributed by atoms with E-state index >= 15 is 0 Å². The van der Waals surface area contributed by atoms with Gasteiger partial charge < -0.3 is 0 Å². The lowest BCUT2D eigenvalue weighted by molar-refractivity contribution is 1.61. The molecule has 0 amide bonds. The number of hydrogen-bond donors (Lipinski definition) is 0. The summed E-state index contributed by atoms with van der Waals surface area (Å²) >= 11 is 0. The molecule has 0 radical (unpaired) electrons. The Morgan fingerprint density at radius 2 is 1.19 bits per heavy atom. The van der Waals surface area contributed by atoms with Crippen molar-refractivity contribution >= 4 is 29.5 Å². The Balaban J connectivity index is 1.72. The predicted octanol–water partition coefficient (Wildman–Crippen LogP) is 7.91. The van der Waals surface area contributed by atoms with Gasteiger partial charge in [-0.3, -0.25) is 0 Å². The van der Waals surface area contributed by atoms with Gasteiger partial charge in [0.2, 0.25) is 0 Å². The van der Waals surface area contributed by atoms with Crippen LogP contribution in [0.3, 0.4) is 0 Å². The predicted molar refractivity (Wildman–Crippen MR) is 115 cm³/mol. The van der Waals surface area contributed by atoms with Crippen LogP contribution in [-0.2, 0) is 0 Å². The van der Waals surface area contributed by atoms with Crippen molar-refractivity contribution in [3.8, 4) is 22.0 Å². The van der Waals surface area contributed by atoms with Gasteiger partial charge in [-0.1, -0.05) is 99.2 Å². The summed E-state index contributed by atoms with van der Waals surface area (Å²) in [4.78, 5) is 0. The first-order valence-corrected chi connectivity index (χ1v) is 9.73. The molecule has 1 heteroatoms. The van der Waals surface area contributed by atoms with E-state index in [0.717, 1.165) is 0 Å². The van der Waals surface area contributed by atoms with Crippen LogP contribution in [0.4, 0.5) is 0 Å². The highest BCUT2D eigenvalue weighted by molar-refractivity contribution is 7.40. The summed E-state index contributed by atoms with van der Waals surface area (Å²) < 4.78 is 0. The van der Waals surface area contributed by atoms with Crippen molar-refractivity contribution in [2.75, 3.05) is 0 Å². The van der Waals surface area contributed by atoms with Gasteiger partial charge >= 0.3 is 0 Å². The minimum absolute atomic E-state index is 1.27. The Bertz CT molecular complexity index is 1220. The van der Waals surface area contributed by atoms with Gasteiger partial charge in [-0.05, 0) is 45.0 Å². The van der Waals surface area contributed by atoms with Crippen molar-refractivity contribution in [3.63, 3.8) is 0 Å². The second-order valence-electron chi connectivity index (χ2n) is 6.46. The highest BCUT2D eigenvalue weighted by Gasteiger charge is 2.09. The average Bonchev–Trinajstić information content (AvgIpc) is 2.74. The summed E-state index contributed by atoms with van der Waals surface area (Å²) in [6.07, 6.45) is 0. The SMILES string of the molecule is c1ccc(-c2ccccc2-c2ccc3c(ccc4ccccc43)p2)cc1. The van der Waals surface area contributed by atoms with Crippen molar-refractivity contribution in [2.45, 2.75) is 0 Å². The van der Waals surface area contributed by atoms with Crippen molar-refractivity contribution in [1.29, 1.82) is 0 Å². The van der Waals surface area contributed by atoms with Gasteiger partial charge in [0.15, 0.2) is 0 Å². The van der Waals surface area contributed by atoms with Gasteiger partial charge in [0, 0.05) is 10.4 Å². The van der Waals surface area contributed by atoms with Crippen molar-refractivity contribution in [3.05, 3.63) is 103 Å². The van der Waals surface area contributed by atoms with Gasteiger partial charge in [-0.2, -0.15) is 0 Å². The Hall–Kier alpha value is -2.95. The Kier molecular flexibility index (Phi) is 3.77. The summed E-state index contributed by atoms with van der Waals surface area (Å²) in [6.45, 7) is 0. The Morgan fingerprint density at radius 1 is 0.462 bits per heavy atom. The molecular weight excluding hydrogens is 331 g/mol. The van der Waals surface area contributed by atoms with Crippen LogP contribution in [0.1, 0.15) is 0 Å². The van der Waals surface area contributed by atoms with E-state index in [9.17, 15) is 0 Å². The number of hydrogen-bond acceptors (Lipinski definition) is 0. The monoisotopic (exact) mass is 348 g/mol. The summed E-state index contributed by atoms with van der Waals surface area (Å²) in [6, 6.07) is 37.1. The van der Waals surface area contributed by atoms with Crippen LogP contribution in [0.25, 0.3) is 43.3 Å². The van der Waals surface area contributed by atoms with Crippen LogP contribution >= 0.6 is 8.19 Å². The average molecular weight is 348 g/mol. The van der Waals surface area contributed by atoms with E-state index in [2.05, 4.69) is 103 Å². The highest BCUT2D eigenvalue weighted by Crippen LogP contribution is 2.41. The molecule has 0 aliphatic heterocycles. The number of rotatable bonds is 2. The van der Waals surface area contributed by atoms with Crippen LogP contribution in [0.15, 0.2) is 103 Å². The van der Waals surface area contributed by atoms with E-state index in [-0.39, 0.29) is 0 Å². The molecule has 122 valence electrons. The summed E-state index contributed by atoms with van der Waals surface area (Å²) in [5.41, 5.74) is 3.88. The molecule has 4 aromatic carbocycles. The first-order chi connectivity index (χ1) is 12.9. The van der Waals surface area contributed by atoms with E-state index in [1.807, 2.05) is 0 Å². The number of fused-ring (bicyclic) bond motifs is 3. The maximum Gasteiger partial charge on any atom is 0.0103 e. The normalized spacial score (nSPS) is 11.4. The molecule has 0 aliphatic carbocycles. The zero-order valence-electron chi connectivity index (χ0n) is 14.3. The largest absolute Gasteiger partial charge is 0.0622 e. The highest BCUT2D eigenvalue weighted by atomic mass is 31.0. The lowest BCUT2D eigenvalue weighted by atomic mass is 9.98. The number of benzene rings is 4. The van der Waals surface area contributed by atoms with E-state index in [1.54, 1.807) is 0 Å². The molecule has 26 heavy (non-hydrogen) atoms. The molecule has 0 saturated carbocycles. The third-order valence-corrected chi connectivity index (χ3v) is 6.15. The second-order valence-corrected chi connectivity index (χ2v) is 7.65.